The van der Waals surface area contributed by atoms with Gasteiger partial charge in [-0.05, 0) is 65.9 Å². The van der Waals surface area contributed by atoms with Gasteiger partial charge in [-0.2, -0.15) is 5.10 Å². The van der Waals surface area contributed by atoms with E-state index in [2.05, 4.69) is 16.9 Å². The fourth-order valence-corrected chi connectivity index (χ4v) is 4.17. The third kappa shape index (κ3) is 4.98. The van der Waals surface area contributed by atoms with Crippen LogP contribution in [0.25, 0.3) is 0 Å². The second-order valence-corrected chi connectivity index (χ2v) is 8.58. The predicted molar refractivity (Wildman–Crippen MR) is 124 cm³/mol. The third-order valence-corrected chi connectivity index (χ3v) is 6.12. The van der Waals surface area contributed by atoms with E-state index in [4.69, 9.17) is 28.3 Å². The van der Waals surface area contributed by atoms with Crippen molar-refractivity contribution in [3.05, 3.63) is 100 Å². The highest BCUT2D eigenvalue weighted by Gasteiger charge is 2.28. The summed E-state index contributed by atoms with van der Waals surface area (Å²) in [5.74, 6) is 0.111. The molecule has 3 aromatic rings. The van der Waals surface area contributed by atoms with E-state index in [-0.39, 0.29) is 11.9 Å². The highest BCUT2D eigenvalue weighted by Crippen LogP contribution is 2.30. The molecule has 1 atom stereocenters. The summed E-state index contributed by atoms with van der Waals surface area (Å²) in [4.78, 5) is 13.6. The maximum absolute atomic E-state index is 12.8. The summed E-state index contributed by atoms with van der Waals surface area (Å²) < 4.78 is 2.86. The van der Waals surface area contributed by atoms with Crippen molar-refractivity contribution in [1.82, 2.24) is 9.73 Å². The van der Waals surface area contributed by atoms with Crippen molar-refractivity contribution < 1.29 is 4.79 Å². The number of halogens is 2. The molecule has 30 heavy (non-hydrogen) atoms. The highest BCUT2D eigenvalue weighted by molar-refractivity contribution is 7.98. The second kappa shape index (κ2) is 9.56. The number of urea groups is 1. The van der Waals surface area contributed by atoms with Gasteiger partial charge in [0.1, 0.15) is 0 Å². The smallest absolute Gasteiger partial charge is 0.276 e. The van der Waals surface area contributed by atoms with Crippen LogP contribution in [0.3, 0.4) is 0 Å². The molecule has 0 aromatic heterocycles. The predicted octanol–water partition coefficient (Wildman–Crippen LogP) is 6.60. The van der Waals surface area contributed by atoms with E-state index < -0.39 is 0 Å². The van der Waals surface area contributed by atoms with E-state index in [1.165, 1.54) is 22.5 Å². The number of nitrogens with one attached hydrogen (secondary N) is 1. The standard InChI is InChI=1S/C23H19Cl2N3OS/c24-18-8-6-17(7-9-18)22-21(16-4-2-1-3-5-16)14-15-28(26-22)23(29)27-30-20-12-10-19(25)11-13-20/h1-13,21H,14-15H2,(H,27,29). The maximum atomic E-state index is 12.8. The van der Waals surface area contributed by atoms with Crippen LogP contribution in [-0.4, -0.2) is 23.3 Å². The van der Waals surface area contributed by atoms with Crippen molar-refractivity contribution in [2.24, 2.45) is 5.10 Å². The molecule has 152 valence electrons. The van der Waals surface area contributed by atoms with Gasteiger partial charge in [-0.3, -0.25) is 4.72 Å². The average molecular weight is 456 g/mol. The summed E-state index contributed by atoms with van der Waals surface area (Å²) in [5, 5.41) is 7.54. The zero-order chi connectivity index (χ0) is 20.9. The van der Waals surface area contributed by atoms with Gasteiger partial charge in [0.25, 0.3) is 0 Å². The van der Waals surface area contributed by atoms with Gasteiger partial charge in [0.05, 0.1) is 5.71 Å². The summed E-state index contributed by atoms with van der Waals surface area (Å²) >= 11 is 13.2. The summed E-state index contributed by atoms with van der Waals surface area (Å²) in [6.45, 7) is 0.531. The van der Waals surface area contributed by atoms with Gasteiger partial charge < -0.3 is 0 Å². The van der Waals surface area contributed by atoms with Crippen LogP contribution in [0.1, 0.15) is 23.5 Å². The molecule has 0 saturated carbocycles. The highest BCUT2D eigenvalue weighted by atomic mass is 35.5. The Labute approximate surface area is 190 Å². The first-order chi connectivity index (χ1) is 14.6. The molecule has 0 saturated heterocycles. The van der Waals surface area contributed by atoms with E-state index in [9.17, 15) is 4.79 Å². The quantitative estimate of drug-likeness (QED) is 0.450. The molecule has 1 aliphatic heterocycles. The Morgan fingerprint density at radius 3 is 2.23 bits per heavy atom. The van der Waals surface area contributed by atoms with Crippen LogP contribution >= 0.6 is 35.1 Å². The first kappa shape index (κ1) is 20.8. The molecule has 1 aliphatic rings. The Kier molecular flexibility index (Phi) is 6.62. The number of hydrazone groups is 1. The van der Waals surface area contributed by atoms with Crippen LogP contribution in [0.15, 0.2) is 88.9 Å². The molecular weight excluding hydrogens is 437 g/mol. The van der Waals surface area contributed by atoms with E-state index >= 15 is 0 Å². The van der Waals surface area contributed by atoms with Crippen molar-refractivity contribution in [2.45, 2.75) is 17.2 Å². The first-order valence-electron chi connectivity index (χ1n) is 9.49. The molecule has 4 rings (SSSR count). The molecule has 2 amide bonds. The van der Waals surface area contributed by atoms with Crippen LogP contribution < -0.4 is 4.72 Å². The number of amides is 2. The second-order valence-electron chi connectivity index (χ2n) is 6.83. The van der Waals surface area contributed by atoms with Crippen molar-refractivity contribution in [2.75, 3.05) is 6.54 Å². The van der Waals surface area contributed by atoms with E-state index in [0.29, 0.717) is 16.6 Å². The van der Waals surface area contributed by atoms with Crippen molar-refractivity contribution in [3.8, 4) is 0 Å². The lowest BCUT2D eigenvalue weighted by Crippen LogP contribution is -2.39. The molecule has 3 aromatic carbocycles. The molecule has 0 fully saturated rings. The minimum Gasteiger partial charge on any atom is -0.276 e. The minimum atomic E-state index is -0.257. The molecule has 7 heteroatoms. The number of hydrogen-bond acceptors (Lipinski definition) is 3. The molecule has 1 unspecified atom stereocenters. The summed E-state index contributed by atoms with van der Waals surface area (Å²) in [7, 11) is 0. The number of rotatable bonds is 4. The lowest BCUT2D eigenvalue weighted by Gasteiger charge is -2.30. The van der Waals surface area contributed by atoms with Crippen molar-refractivity contribution in [3.63, 3.8) is 0 Å². The van der Waals surface area contributed by atoms with Crippen molar-refractivity contribution in [1.29, 1.82) is 0 Å². The zero-order valence-corrected chi connectivity index (χ0v) is 18.3. The Hall–Kier alpha value is -2.47. The Balaban J connectivity index is 1.56. The molecule has 4 nitrogen and oxygen atoms in total. The summed E-state index contributed by atoms with van der Waals surface area (Å²) in [5.41, 5.74) is 2.99. The van der Waals surface area contributed by atoms with E-state index in [1.807, 2.05) is 54.6 Å². The number of carbonyl (C=O) groups excluding carboxylic acids is 1. The zero-order valence-electron chi connectivity index (χ0n) is 16.0. The largest absolute Gasteiger partial charge is 0.348 e. The lowest BCUT2D eigenvalue weighted by atomic mass is 9.86. The van der Waals surface area contributed by atoms with E-state index in [0.717, 1.165) is 22.6 Å². The Morgan fingerprint density at radius 1 is 0.933 bits per heavy atom. The van der Waals surface area contributed by atoms with Crippen molar-refractivity contribution >= 4 is 46.9 Å². The SMILES string of the molecule is O=C(NSc1ccc(Cl)cc1)N1CCC(c2ccccc2)C(c2ccc(Cl)cc2)=N1. The fraction of sp³-hybridized carbons (Fsp3) is 0.130. The average Bonchev–Trinajstić information content (AvgIpc) is 2.79. The molecule has 1 N–H and O–H groups in total. The minimum absolute atomic E-state index is 0.111. The third-order valence-electron chi connectivity index (χ3n) is 4.83. The number of benzene rings is 3. The van der Waals surface area contributed by atoms with Gasteiger partial charge >= 0.3 is 6.03 Å². The Morgan fingerprint density at radius 2 is 1.57 bits per heavy atom. The maximum Gasteiger partial charge on any atom is 0.348 e. The topological polar surface area (TPSA) is 44.7 Å². The molecule has 0 bridgehead atoms. The van der Waals surface area contributed by atoms with Crippen LogP contribution in [0.2, 0.25) is 10.0 Å². The molecule has 0 radical (unpaired) electrons. The molecule has 0 aliphatic carbocycles. The van der Waals surface area contributed by atoms with Gasteiger partial charge in [0.2, 0.25) is 0 Å². The normalized spacial score (nSPS) is 16.1. The van der Waals surface area contributed by atoms with Gasteiger partial charge in [-0.15, -0.1) is 0 Å². The number of hydrogen-bond donors (Lipinski definition) is 1. The number of nitrogens with zero attached hydrogens (tertiary/aromatic N) is 2. The molecule has 1 heterocycles. The van der Waals surface area contributed by atoms with E-state index in [1.54, 1.807) is 12.1 Å². The van der Waals surface area contributed by atoms with Crippen LogP contribution in [0.4, 0.5) is 4.79 Å². The first-order valence-corrected chi connectivity index (χ1v) is 11.1. The summed E-state index contributed by atoms with van der Waals surface area (Å²) in [6.07, 6.45) is 0.782. The van der Waals surface area contributed by atoms with Gasteiger partial charge in [0.15, 0.2) is 0 Å². The van der Waals surface area contributed by atoms with Gasteiger partial charge in [-0.25, -0.2) is 9.80 Å². The monoisotopic (exact) mass is 455 g/mol. The molecule has 0 spiro atoms. The molecular formula is C23H19Cl2N3OS. The van der Waals surface area contributed by atoms with Crippen LogP contribution in [-0.2, 0) is 0 Å². The van der Waals surface area contributed by atoms with Gasteiger partial charge in [-0.1, -0.05) is 65.7 Å². The fourth-order valence-electron chi connectivity index (χ4n) is 3.33. The lowest BCUT2D eigenvalue weighted by molar-refractivity contribution is 0.202. The Bertz CT molecular complexity index is 1040. The summed E-state index contributed by atoms with van der Waals surface area (Å²) in [6, 6.07) is 24.9. The van der Waals surface area contributed by atoms with Crippen LogP contribution in [0.5, 0.6) is 0 Å². The number of carbonyl (C=O) groups is 1. The van der Waals surface area contributed by atoms with Crippen LogP contribution in [0, 0.1) is 0 Å². The van der Waals surface area contributed by atoms with Gasteiger partial charge in [0, 0.05) is 27.4 Å².